The normalized spacial score (nSPS) is 20.9. The summed E-state index contributed by atoms with van der Waals surface area (Å²) in [6, 6.07) is 22.8. The van der Waals surface area contributed by atoms with Crippen molar-refractivity contribution in [1.29, 1.82) is 0 Å². The van der Waals surface area contributed by atoms with Gasteiger partial charge in [0.25, 0.3) is 0 Å². The minimum Gasteiger partial charge on any atom is -0.497 e. The summed E-state index contributed by atoms with van der Waals surface area (Å²) in [7, 11) is 1.54. The molecule has 1 aliphatic heterocycles. The number of carbonyl (C=O) groups is 4. The second-order valence-electron chi connectivity index (χ2n) is 9.42. The van der Waals surface area contributed by atoms with Crippen LogP contribution in [0.5, 0.6) is 5.75 Å². The Morgan fingerprint density at radius 2 is 1.46 bits per heavy atom. The lowest BCUT2D eigenvalue weighted by Crippen LogP contribution is -2.30. The van der Waals surface area contributed by atoms with Gasteiger partial charge in [0.1, 0.15) is 5.75 Å². The minimum atomic E-state index is -0.660. The van der Waals surface area contributed by atoms with Gasteiger partial charge in [-0.2, -0.15) is 0 Å². The predicted octanol–water partition coefficient (Wildman–Crippen LogP) is 4.81. The molecule has 2 fully saturated rings. The van der Waals surface area contributed by atoms with E-state index in [2.05, 4.69) is 12.1 Å². The molecule has 5 rings (SSSR count). The van der Waals surface area contributed by atoms with Crippen molar-refractivity contribution in [2.45, 2.75) is 25.2 Å². The highest BCUT2D eigenvalue weighted by Crippen LogP contribution is 2.45. The molecule has 2 amide bonds. The highest BCUT2D eigenvalue weighted by atomic mass is 16.5. The van der Waals surface area contributed by atoms with Gasteiger partial charge in [-0.3, -0.25) is 19.3 Å². The Kier molecular flexibility index (Phi) is 6.86. The van der Waals surface area contributed by atoms with Crippen molar-refractivity contribution in [3.05, 3.63) is 95.6 Å². The highest BCUT2D eigenvalue weighted by Gasteiger charge is 2.50. The zero-order valence-electron chi connectivity index (χ0n) is 20.5. The summed E-state index contributed by atoms with van der Waals surface area (Å²) in [5.74, 6) is -1.11. The molecule has 0 bridgehead atoms. The Morgan fingerprint density at radius 1 is 0.811 bits per heavy atom. The standard InChI is InChI=1S/C30H27NO6/c1-36-24-14-9-20(10-15-24)27(32)18-37-30(35)21-7-12-23(13-8-21)31-28(33)25-16-11-22(17-26(25)29(31)34)19-5-3-2-4-6-19/h2-10,12-15,22,25-26H,11,16-18H2,1H3. The lowest BCUT2D eigenvalue weighted by molar-refractivity contribution is -0.122. The third kappa shape index (κ3) is 4.89. The summed E-state index contributed by atoms with van der Waals surface area (Å²) in [6.07, 6.45) is 2.21. The molecule has 1 saturated carbocycles. The van der Waals surface area contributed by atoms with E-state index >= 15 is 0 Å². The van der Waals surface area contributed by atoms with E-state index in [-0.39, 0.29) is 40.9 Å². The number of ether oxygens (including phenoxy) is 2. The molecule has 3 atom stereocenters. The first-order valence-corrected chi connectivity index (χ1v) is 12.3. The monoisotopic (exact) mass is 497 g/mol. The van der Waals surface area contributed by atoms with Gasteiger partial charge in [0.05, 0.1) is 30.2 Å². The number of rotatable bonds is 7. The maximum absolute atomic E-state index is 13.3. The number of anilines is 1. The number of fused-ring (bicyclic) bond motifs is 1. The molecule has 7 heteroatoms. The van der Waals surface area contributed by atoms with E-state index in [0.29, 0.717) is 29.8 Å². The van der Waals surface area contributed by atoms with E-state index in [9.17, 15) is 19.2 Å². The molecule has 1 saturated heterocycles. The molecule has 0 spiro atoms. The molecule has 0 aromatic heterocycles. The Labute approximate surface area is 215 Å². The van der Waals surface area contributed by atoms with E-state index < -0.39 is 12.6 Å². The largest absolute Gasteiger partial charge is 0.497 e. The van der Waals surface area contributed by atoms with Crippen molar-refractivity contribution in [2.24, 2.45) is 11.8 Å². The van der Waals surface area contributed by atoms with E-state index in [1.807, 2.05) is 18.2 Å². The van der Waals surface area contributed by atoms with Gasteiger partial charge in [0.2, 0.25) is 11.8 Å². The van der Waals surface area contributed by atoms with Crippen molar-refractivity contribution in [2.75, 3.05) is 18.6 Å². The summed E-state index contributed by atoms with van der Waals surface area (Å²) in [4.78, 5) is 52.4. The van der Waals surface area contributed by atoms with Crippen LogP contribution in [0.15, 0.2) is 78.9 Å². The van der Waals surface area contributed by atoms with Crippen LogP contribution in [0.1, 0.15) is 51.5 Å². The van der Waals surface area contributed by atoms with Crippen molar-refractivity contribution in [1.82, 2.24) is 0 Å². The van der Waals surface area contributed by atoms with Gasteiger partial charge in [-0.05, 0) is 79.3 Å². The van der Waals surface area contributed by atoms with Crippen molar-refractivity contribution in [3.8, 4) is 5.75 Å². The molecular weight excluding hydrogens is 470 g/mol. The van der Waals surface area contributed by atoms with E-state index in [4.69, 9.17) is 9.47 Å². The summed E-state index contributed by atoms with van der Waals surface area (Å²) >= 11 is 0. The van der Waals surface area contributed by atoms with Gasteiger partial charge in [-0.1, -0.05) is 30.3 Å². The molecule has 1 aliphatic carbocycles. The van der Waals surface area contributed by atoms with Crippen LogP contribution in [0.3, 0.4) is 0 Å². The number of ketones is 1. The molecule has 3 aromatic rings. The minimum absolute atomic E-state index is 0.179. The Balaban J connectivity index is 1.22. The third-order valence-electron chi connectivity index (χ3n) is 7.30. The fourth-order valence-electron chi connectivity index (χ4n) is 5.28. The average molecular weight is 498 g/mol. The highest BCUT2D eigenvalue weighted by molar-refractivity contribution is 6.22. The number of Topliss-reactive ketones (excluding diaryl/α,β-unsaturated/α-hetero) is 1. The molecule has 0 radical (unpaired) electrons. The maximum Gasteiger partial charge on any atom is 0.338 e. The summed E-state index contributed by atoms with van der Waals surface area (Å²) in [5.41, 5.74) is 2.28. The lowest BCUT2D eigenvalue weighted by atomic mass is 9.73. The Bertz CT molecular complexity index is 1320. The van der Waals surface area contributed by atoms with Crippen molar-refractivity contribution < 1.29 is 28.7 Å². The zero-order chi connectivity index (χ0) is 25.9. The number of benzene rings is 3. The van der Waals surface area contributed by atoms with Crippen molar-refractivity contribution >= 4 is 29.3 Å². The number of carbonyl (C=O) groups excluding carboxylic acids is 4. The number of hydrogen-bond acceptors (Lipinski definition) is 6. The fraction of sp³-hybridized carbons (Fsp3) is 0.267. The summed E-state index contributed by atoms with van der Waals surface area (Å²) < 4.78 is 10.2. The number of methoxy groups -OCH3 is 1. The molecule has 7 nitrogen and oxygen atoms in total. The number of amides is 2. The van der Waals surface area contributed by atoms with E-state index in [1.165, 1.54) is 29.7 Å². The summed E-state index contributed by atoms with van der Waals surface area (Å²) in [5, 5.41) is 0. The van der Waals surface area contributed by atoms with Gasteiger partial charge in [-0.25, -0.2) is 4.79 Å². The average Bonchev–Trinajstić information content (AvgIpc) is 3.21. The van der Waals surface area contributed by atoms with Crippen LogP contribution in [-0.2, 0) is 14.3 Å². The molecule has 188 valence electrons. The van der Waals surface area contributed by atoms with Crippen LogP contribution >= 0.6 is 0 Å². The molecule has 3 unspecified atom stereocenters. The van der Waals surface area contributed by atoms with Gasteiger partial charge in [-0.15, -0.1) is 0 Å². The second-order valence-corrected chi connectivity index (χ2v) is 9.42. The first kappa shape index (κ1) is 24.4. The van der Waals surface area contributed by atoms with Crippen LogP contribution in [-0.4, -0.2) is 37.3 Å². The number of esters is 1. The third-order valence-corrected chi connectivity index (χ3v) is 7.30. The lowest BCUT2D eigenvalue weighted by Gasteiger charge is -2.28. The maximum atomic E-state index is 13.3. The topological polar surface area (TPSA) is 90.0 Å². The first-order chi connectivity index (χ1) is 18.0. The Morgan fingerprint density at radius 3 is 2.14 bits per heavy atom. The number of hydrogen-bond donors (Lipinski definition) is 0. The van der Waals surface area contributed by atoms with Crippen molar-refractivity contribution in [3.63, 3.8) is 0 Å². The smallest absolute Gasteiger partial charge is 0.338 e. The molecule has 1 heterocycles. The van der Waals surface area contributed by atoms with Crippen LogP contribution in [0.4, 0.5) is 5.69 Å². The molecule has 2 aliphatic rings. The molecule has 3 aromatic carbocycles. The SMILES string of the molecule is COc1ccc(C(=O)COC(=O)c2ccc(N3C(=O)C4CCC(c5ccccc5)CC4C3=O)cc2)cc1. The van der Waals surface area contributed by atoms with E-state index in [1.54, 1.807) is 36.4 Å². The number of imide groups is 1. The van der Waals surface area contributed by atoms with Crippen LogP contribution in [0.25, 0.3) is 0 Å². The van der Waals surface area contributed by atoms with Gasteiger partial charge >= 0.3 is 5.97 Å². The first-order valence-electron chi connectivity index (χ1n) is 12.3. The van der Waals surface area contributed by atoms with Gasteiger partial charge < -0.3 is 9.47 Å². The quantitative estimate of drug-likeness (QED) is 0.264. The second kappa shape index (κ2) is 10.4. The van der Waals surface area contributed by atoms with Gasteiger partial charge in [0, 0.05) is 5.56 Å². The summed E-state index contributed by atoms with van der Waals surface area (Å²) in [6.45, 7) is -0.401. The number of nitrogens with zero attached hydrogens (tertiary/aromatic N) is 1. The zero-order valence-corrected chi connectivity index (χ0v) is 20.5. The predicted molar refractivity (Wildman–Crippen MR) is 137 cm³/mol. The van der Waals surface area contributed by atoms with Crippen LogP contribution < -0.4 is 9.64 Å². The fourth-order valence-corrected chi connectivity index (χ4v) is 5.28. The molecular formula is C30H27NO6. The van der Waals surface area contributed by atoms with E-state index in [0.717, 1.165) is 6.42 Å². The molecule has 0 N–H and O–H groups in total. The Hall–Kier alpha value is -4.26. The van der Waals surface area contributed by atoms with Crippen LogP contribution in [0, 0.1) is 11.8 Å². The molecule has 37 heavy (non-hydrogen) atoms. The van der Waals surface area contributed by atoms with Crippen LogP contribution in [0.2, 0.25) is 0 Å². The van der Waals surface area contributed by atoms with Gasteiger partial charge in [0.15, 0.2) is 12.4 Å².